The van der Waals surface area contributed by atoms with Crippen molar-refractivity contribution in [3.8, 4) is 17.0 Å². The van der Waals surface area contributed by atoms with Crippen LogP contribution < -0.4 is 10.1 Å². The predicted octanol–water partition coefficient (Wildman–Crippen LogP) is 4.61. The SMILES string of the molecule is Cc1cc(Br)ccc1-c1cnc([S@@](=O)CCCOc2ccc3c(c2)CCC(=O)N3)[nH]1. The van der Waals surface area contributed by atoms with E-state index in [0.717, 1.165) is 44.7 Å². The number of H-pyrrole nitrogens is 1. The lowest BCUT2D eigenvalue weighted by Crippen LogP contribution is -2.18. The van der Waals surface area contributed by atoms with Gasteiger partial charge in [-0.25, -0.2) is 4.98 Å². The molecule has 1 atom stereocenters. The third kappa shape index (κ3) is 4.82. The van der Waals surface area contributed by atoms with E-state index in [9.17, 15) is 9.00 Å². The maximum Gasteiger partial charge on any atom is 0.224 e. The van der Waals surface area contributed by atoms with Crippen LogP contribution in [0.25, 0.3) is 11.3 Å². The van der Waals surface area contributed by atoms with E-state index in [-0.39, 0.29) is 5.91 Å². The van der Waals surface area contributed by atoms with Crippen LogP contribution in [-0.2, 0) is 22.0 Å². The molecule has 1 aliphatic rings. The second-order valence-electron chi connectivity index (χ2n) is 7.18. The maximum absolute atomic E-state index is 12.6. The number of aromatic nitrogens is 2. The maximum atomic E-state index is 12.6. The summed E-state index contributed by atoms with van der Waals surface area (Å²) < 4.78 is 19.4. The number of rotatable bonds is 7. The van der Waals surface area contributed by atoms with Gasteiger partial charge in [0.15, 0.2) is 5.16 Å². The van der Waals surface area contributed by atoms with Crippen LogP contribution in [0.5, 0.6) is 5.75 Å². The highest BCUT2D eigenvalue weighted by Crippen LogP contribution is 2.27. The average Bonchev–Trinajstić information content (AvgIpc) is 3.21. The van der Waals surface area contributed by atoms with Gasteiger partial charge in [0, 0.05) is 27.9 Å². The summed E-state index contributed by atoms with van der Waals surface area (Å²) in [5.74, 6) is 1.28. The van der Waals surface area contributed by atoms with Gasteiger partial charge >= 0.3 is 0 Å². The van der Waals surface area contributed by atoms with Gasteiger partial charge in [-0.15, -0.1) is 0 Å². The minimum absolute atomic E-state index is 0.0510. The highest BCUT2D eigenvalue weighted by Gasteiger charge is 2.15. The van der Waals surface area contributed by atoms with Gasteiger partial charge in [0.2, 0.25) is 5.91 Å². The molecule has 30 heavy (non-hydrogen) atoms. The van der Waals surface area contributed by atoms with Crippen molar-refractivity contribution in [2.45, 2.75) is 31.3 Å². The Morgan fingerprint density at radius 3 is 2.90 bits per heavy atom. The number of ether oxygens (including phenoxy) is 1. The van der Waals surface area contributed by atoms with Gasteiger partial charge in [-0.1, -0.05) is 22.0 Å². The number of aryl methyl sites for hydroxylation is 2. The molecule has 2 aromatic carbocycles. The first-order chi connectivity index (χ1) is 14.5. The Morgan fingerprint density at radius 1 is 1.20 bits per heavy atom. The molecule has 0 saturated carbocycles. The fourth-order valence-electron chi connectivity index (χ4n) is 3.41. The molecular formula is C22H22BrN3O3S. The Hall–Kier alpha value is -2.45. The number of amides is 1. The van der Waals surface area contributed by atoms with E-state index in [1.807, 2.05) is 43.3 Å². The number of nitrogens with zero attached hydrogens (tertiary/aromatic N) is 1. The fourth-order valence-corrected chi connectivity index (χ4v) is 4.85. The lowest BCUT2D eigenvalue weighted by atomic mass is 10.0. The van der Waals surface area contributed by atoms with Crippen molar-refractivity contribution in [3.63, 3.8) is 0 Å². The molecule has 0 radical (unpaired) electrons. The van der Waals surface area contributed by atoms with Gasteiger partial charge in [0.05, 0.1) is 29.3 Å². The number of halogens is 1. The first-order valence-corrected chi connectivity index (χ1v) is 11.9. The van der Waals surface area contributed by atoms with Gasteiger partial charge < -0.3 is 15.0 Å². The molecular weight excluding hydrogens is 466 g/mol. The Balaban J connectivity index is 1.29. The molecule has 2 N–H and O–H groups in total. The monoisotopic (exact) mass is 487 g/mol. The number of hydrogen-bond acceptors (Lipinski definition) is 4. The molecule has 4 rings (SSSR count). The highest BCUT2D eigenvalue weighted by molar-refractivity contribution is 9.10. The zero-order valence-corrected chi connectivity index (χ0v) is 18.9. The van der Waals surface area contributed by atoms with E-state index in [1.165, 1.54) is 0 Å². The third-order valence-corrected chi connectivity index (χ3v) is 6.75. The highest BCUT2D eigenvalue weighted by atomic mass is 79.9. The summed E-state index contributed by atoms with van der Waals surface area (Å²) in [6.45, 7) is 2.50. The van der Waals surface area contributed by atoms with Crippen LogP contribution in [0.3, 0.4) is 0 Å². The van der Waals surface area contributed by atoms with Crippen LogP contribution in [0.1, 0.15) is 24.0 Å². The zero-order chi connectivity index (χ0) is 21.1. The molecule has 2 heterocycles. The van der Waals surface area contributed by atoms with Gasteiger partial charge in [0.1, 0.15) is 5.75 Å². The summed E-state index contributed by atoms with van der Waals surface area (Å²) >= 11 is 3.47. The van der Waals surface area contributed by atoms with Crippen molar-refractivity contribution in [2.24, 2.45) is 0 Å². The Labute approximate surface area is 186 Å². The van der Waals surface area contributed by atoms with Gasteiger partial charge in [-0.2, -0.15) is 0 Å². The normalized spacial score (nSPS) is 14.1. The number of nitrogens with one attached hydrogen (secondary N) is 2. The van der Waals surface area contributed by atoms with Gasteiger partial charge in [0.25, 0.3) is 0 Å². The van der Waals surface area contributed by atoms with Crippen LogP contribution in [-0.4, -0.2) is 32.4 Å². The smallest absolute Gasteiger partial charge is 0.224 e. The number of benzene rings is 2. The molecule has 6 nitrogen and oxygen atoms in total. The molecule has 1 aromatic heterocycles. The van der Waals surface area contributed by atoms with Gasteiger partial charge in [-0.05, 0) is 61.2 Å². The van der Waals surface area contributed by atoms with Crippen LogP contribution in [0, 0.1) is 6.92 Å². The summed E-state index contributed by atoms with van der Waals surface area (Å²) in [5.41, 5.74) is 4.96. The van der Waals surface area contributed by atoms with E-state index < -0.39 is 10.8 Å². The number of carbonyl (C=O) groups excluding carboxylic acids is 1. The molecule has 0 spiro atoms. The number of imidazole rings is 1. The number of fused-ring (bicyclic) bond motifs is 1. The third-order valence-electron chi connectivity index (χ3n) is 4.96. The van der Waals surface area contributed by atoms with Crippen molar-refractivity contribution in [1.82, 2.24) is 9.97 Å². The fraction of sp³-hybridized carbons (Fsp3) is 0.273. The largest absolute Gasteiger partial charge is 0.494 e. The zero-order valence-electron chi connectivity index (χ0n) is 16.5. The van der Waals surface area contributed by atoms with E-state index in [4.69, 9.17) is 4.74 Å². The average molecular weight is 488 g/mol. The minimum Gasteiger partial charge on any atom is -0.494 e. The topological polar surface area (TPSA) is 84.1 Å². The number of carbonyl (C=O) groups is 1. The van der Waals surface area contributed by atoms with Crippen LogP contribution in [0.15, 0.2) is 52.2 Å². The summed E-state index contributed by atoms with van der Waals surface area (Å²) in [5, 5.41) is 3.34. The van der Waals surface area contributed by atoms with Crippen molar-refractivity contribution in [3.05, 3.63) is 58.2 Å². The van der Waals surface area contributed by atoms with E-state index in [2.05, 4.69) is 31.2 Å². The number of hydrogen-bond donors (Lipinski definition) is 2. The molecule has 8 heteroatoms. The van der Waals surface area contributed by atoms with Crippen molar-refractivity contribution < 1.29 is 13.7 Å². The molecule has 0 bridgehead atoms. The summed E-state index contributed by atoms with van der Waals surface area (Å²) in [6.07, 6.45) is 3.60. The van der Waals surface area contributed by atoms with Crippen LogP contribution >= 0.6 is 15.9 Å². The van der Waals surface area contributed by atoms with E-state index >= 15 is 0 Å². The molecule has 1 aliphatic heterocycles. The minimum atomic E-state index is -1.21. The second kappa shape index (κ2) is 9.14. The predicted molar refractivity (Wildman–Crippen MR) is 121 cm³/mol. The Morgan fingerprint density at radius 2 is 2.07 bits per heavy atom. The van der Waals surface area contributed by atoms with Crippen molar-refractivity contribution >= 4 is 38.3 Å². The lowest BCUT2D eigenvalue weighted by Gasteiger charge is -2.17. The molecule has 3 aromatic rings. The molecule has 156 valence electrons. The second-order valence-corrected chi connectivity index (χ2v) is 9.58. The van der Waals surface area contributed by atoms with Crippen molar-refractivity contribution in [2.75, 3.05) is 17.7 Å². The first kappa shape index (κ1) is 20.8. The van der Waals surface area contributed by atoms with Crippen LogP contribution in [0.4, 0.5) is 5.69 Å². The Bertz CT molecular complexity index is 1110. The molecule has 0 aliphatic carbocycles. The quantitative estimate of drug-likeness (QED) is 0.476. The lowest BCUT2D eigenvalue weighted by molar-refractivity contribution is -0.116. The molecule has 0 unspecified atom stereocenters. The van der Waals surface area contributed by atoms with Crippen molar-refractivity contribution in [1.29, 1.82) is 0 Å². The summed E-state index contributed by atoms with van der Waals surface area (Å²) in [6, 6.07) is 11.7. The first-order valence-electron chi connectivity index (χ1n) is 9.75. The molecule has 0 saturated heterocycles. The Kier molecular flexibility index (Phi) is 6.34. The van der Waals surface area contributed by atoms with E-state index in [1.54, 1.807) is 6.20 Å². The standard InChI is InChI=1S/C22H22BrN3O3S/c1-14-11-16(23)4-6-18(14)20-13-24-22(26-20)30(28)10-2-9-29-17-5-7-19-15(12-17)3-8-21(27)25-19/h4-7,11-13H,2-3,8-10H2,1H3,(H,24,26)(H,25,27)/t30-/m0/s1. The molecule has 0 fully saturated rings. The summed E-state index contributed by atoms with van der Waals surface area (Å²) in [4.78, 5) is 18.9. The number of aromatic amines is 1. The van der Waals surface area contributed by atoms with Gasteiger partial charge in [-0.3, -0.25) is 9.00 Å². The van der Waals surface area contributed by atoms with E-state index in [0.29, 0.717) is 30.4 Å². The summed E-state index contributed by atoms with van der Waals surface area (Å²) in [7, 11) is -1.21. The number of anilines is 1. The molecule has 1 amide bonds. The van der Waals surface area contributed by atoms with Crippen LogP contribution in [0.2, 0.25) is 0 Å².